The molecule has 15 heavy (non-hydrogen) atoms. The van der Waals surface area contributed by atoms with Crippen LogP contribution in [-0.2, 0) is 11.2 Å². The van der Waals surface area contributed by atoms with E-state index in [4.69, 9.17) is 15.3 Å². The van der Waals surface area contributed by atoms with Crippen molar-refractivity contribution in [1.29, 1.82) is 0 Å². The normalized spacial score (nSPS) is 17.0. The molecule has 0 aromatic carbocycles. The molecule has 1 heterocycles. The average molecular weight is 211 g/mol. The molecule has 3 N–H and O–H groups in total. The van der Waals surface area contributed by atoms with Crippen LogP contribution in [-0.4, -0.2) is 17.1 Å². The van der Waals surface area contributed by atoms with Gasteiger partial charge in [0, 0.05) is 12.5 Å². The van der Waals surface area contributed by atoms with Crippen LogP contribution in [0.2, 0.25) is 0 Å². The maximum absolute atomic E-state index is 10.8. The van der Waals surface area contributed by atoms with Crippen LogP contribution in [0.25, 0.3) is 0 Å². The second kappa shape index (κ2) is 4.49. The van der Waals surface area contributed by atoms with Crippen molar-refractivity contribution >= 4 is 5.97 Å². The van der Waals surface area contributed by atoms with E-state index in [9.17, 15) is 4.79 Å². The Hall–Kier alpha value is -1.29. The first kappa shape index (κ1) is 11.8. The highest BCUT2D eigenvalue weighted by Gasteiger charge is 2.32. The van der Waals surface area contributed by atoms with Gasteiger partial charge in [-0.25, -0.2) is 0 Å². The van der Waals surface area contributed by atoms with Crippen molar-refractivity contribution in [3.63, 3.8) is 0 Å². The lowest BCUT2D eigenvalue weighted by atomic mass is 9.77. The molecule has 1 rings (SSSR count). The fourth-order valence-electron chi connectivity index (χ4n) is 1.54. The minimum atomic E-state index is -0.832. The Morgan fingerprint density at radius 2 is 2.40 bits per heavy atom. The lowest BCUT2D eigenvalue weighted by Gasteiger charge is -2.31. The Kier molecular flexibility index (Phi) is 3.52. The SMILES string of the molecule is CC(N)C(C)(CC(=O)O)Cc1ccco1. The predicted octanol–water partition coefficient (Wildman–Crippen LogP) is 1.65. The first-order valence-corrected chi connectivity index (χ1v) is 4.94. The number of rotatable bonds is 5. The Morgan fingerprint density at radius 3 is 2.80 bits per heavy atom. The molecule has 0 aliphatic heterocycles. The number of carbonyl (C=O) groups is 1. The van der Waals surface area contributed by atoms with Crippen molar-refractivity contribution in [2.75, 3.05) is 0 Å². The van der Waals surface area contributed by atoms with Crippen molar-refractivity contribution < 1.29 is 14.3 Å². The van der Waals surface area contributed by atoms with E-state index >= 15 is 0 Å². The maximum Gasteiger partial charge on any atom is 0.303 e. The van der Waals surface area contributed by atoms with Crippen LogP contribution in [0.3, 0.4) is 0 Å². The molecule has 1 aromatic rings. The van der Waals surface area contributed by atoms with E-state index in [2.05, 4.69) is 0 Å². The van der Waals surface area contributed by atoms with Gasteiger partial charge in [0.2, 0.25) is 0 Å². The molecule has 1 aromatic heterocycles. The number of aliphatic carboxylic acids is 1. The first-order valence-electron chi connectivity index (χ1n) is 4.94. The lowest BCUT2D eigenvalue weighted by molar-refractivity contribution is -0.139. The summed E-state index contributed by atoms with van der Waals surface area (Å²) in [6.45, 7) is 3.69. The summed E-state index contributed by atoms with van der Waals surface area (Å²) >= 11 is 0. The highest BCUT2D eigenvalue weighted by Crippen LogP contribution is 2.29. The van der Waals surface area contributed by atoms with Crippen LogP contribution >= 0.6 is 0 Å². The smallest absolute Gasteiger partial charge is 0.303 e. The van der Waals surface area contributed by atoms with Gasteiger partial charge in [0.05, 0.1) is 12.7 Å². The molecule has 84 valence electrons. The van der Waals surface area contributed by atoms with E-state index in [1.807, 2.05) is 19.9 Å². The van der Waals surface area contributed by atoms with Gasteiger partial charge in [0.15, 0.2) is 0 Å². The molecule has 0 saturated carbocycles. The van der Waals surface area contributed by atoms with Crippen LogP contribution in [0.1, 0.15) is 26.0 Å². The van der Waals surface area contributed by atoms with Crippen LogP contribution in [0.4, 0.5) is 0 Å². The second-order valence-electron chi connectivity index (χ2n) is 4.27. The number of carboxylic acids is 1. The fourth-order valence-corrected chi connectivity index (χ4v) is 1.54. The van der Waals surface area contributed by atoms with Crippen molar-refractivity contribution in [3.05, 3.63) is 24.2 Å². The molecule has 4 heteroatoms. The lowest BCUT2D eigenvalue weighted by Crippen LogP contribution is -2.40. The van der Waals surface area contributed by atoms with Gasteiger partial charge < -0.3 is 15.3 Å². The Balaban J connectivity index is 2.77. The molecule has 2 unspecified atom stereocenters. The molecule has 0 radical (unpaired) electrons. The third-order valence-corrected chi connectivity index (χ3v) is 2.81. The van der Waals surface area contributed by atoms with E-state index in [0.29, 0.717) is 6.42 Å². The molecule has 0 saturated heterocycles. The van der Waals surface area contributed by atoms with Gasteiger partial charge >= 0.3 is 5.97 Å². The zero-order chi connectivity index (χ0) is 11.5. The summed E-state index contributed by atoms with van der Waals surface area (Å²) < 4.78 is 5.21. The van der Waals surface area contributed by atoms with E-state index < -0.39 is 11.4 Å². The largest absolute Gasteiger partial charge is 0.481 e. The molecule has 0 amide bonds. The fraction of sp³-hybridized carbons (Fsp3) is 0.545. The molecule has 2 atom stereocenters. The van der Waals surface area contributed by atoms with Gasteiger partial charge in [-0.2, -0.15) is 0 Å². The molecule has 0 aliphatic carbocycles. The summed E-state index contributed by atoms with van der Waals surface area (Å²) in [5, 5.41) is 8.84. The number of hydrogen-bond donors (Lipinski definition) is 2. The van der Waals surface area contributed by atoms with Crippen LogP contribution < -0.4 is 5.73 Å². The highest BCUT2D eigenvalue weighted by atomic mass is 16.4. The third kappa shape index (κ3) is 3.09. The summed E-state index contributed by atoms with van der Waals surface area (Å²) in [4.78, 5) is 10.8. The summed E-state index contributed by atoms with van der Waals surface area (Å²) in [6.07, 6.45) is 2.17. The van der Waals surface area contributed by atoms with Crippen molar-refractivity contribution in [1.82, 2.24) is 0 Å². The van der Waals surface area contributed by atoms with Gasteiger partial charge in [-0.05, 0) is 24.5 Å². The van der Waals surface area contributed by atoms with Gasteiger partial charge in [0.25, 0.3) is 0 Å². The monoisotopic (exact) mass is 211 g/mol. The van der Waals surface area contributed by atoms with Gasteiger partial charge in [-0.3, -0.25) is 4.79 Å². The highest BCUT2D eigenvalue weighted by molar-refractivity contribution is 5.67. The zero-order valence-electron chi connectivity index (χ0n) is 9.06. The van der Waals surface area contributed by atoms with E-state index in [1.54, 1.807) is 12.3 Å². The quantitative estimate of drug-likeness (QED) is 0.776. The number of carboxylic acid groups (broad SMARTS) is 1. The predicted molar refractivity (Wildman–Crippen MR) is 56.4 cm³/mol. The van der Waals surface area contributed by atoms with Crippen LogP contribution in [0.15, 0.2) is 22.8 Å². The van der Waals surface area contributed by atoms with Gasteiger partial charge in [-0.15, -0.1) is 0 Å². The Labute approximate surface area is 89.1 Å². The summed E-state index contributed by atoms with van der Waals surface area (Å²) in [6, 6.07) is 3.43. The summed E-state index contributed by atoms with van der Waals surface area (Å²) in [7, 11) is 0. The molecule has 0 bridgehead atoms. The zero-order valence-corrected chi connectivity index (χ0v) is 9.06. The third-order valence-electron chi connectivity index (χ3n) is 2.81. The maximum atomic E-state index is 10.8. The topological polar surface area (TPSA) is 76.5 Å². The standard InChI is InChI=1S/C11H17NO3/c1-8(12)11(2,7-10(13)14)6-9-4-3-5-15-9/h3-5,8H,6-7,12H2,1-2H3,(H,13,14). The van der Waals surface area contributed by atoms with Crippen LogP contribution in [0, 0.1) is 5.41 Å². The number of furan rings is 1. The molecular formula is C11H17NO3. The number of nitrogens with two attached hydrogens (primary N) is 1. The summed E-state index contributed by atoms with van der Waals surface area (Å²) in [5.41, 5.74) is 5.36. The van der Waals surface area contributed by atoms with E-state index in [-0.39, 0.29) is 12.5 Å². The van der Waals surface area contributed by atoms with Crippen molar-refractivity contribution in [2.45, 2.75) is 32.7 Å². The second-order valence-corrected chi connectivity index (χ2v) is 4.27. The van der Waals surface area contributed by atoms with Crippen molar-refractivity contribution in [3.8, 4) is 0 Å². The molecular weight excluding hydrogens is 194 g/mol. The van der Waals surface area contributed by atoms with Gasteiger partial charge in [-0.1, -0.05) is 6.92 Å². The Bertz CT molecular complexity index is 319. The van der Waals surface area contributed by atoms with Crippen LogP contribution in [0.5, 0.6) is 0 Å². The minimum absolute atomic E-state index is 0.0470. The Morgan fingerprint density at radius 1 is 1.73 bits per heavy atom. The van der Waals surface area contributed by atoms with E-state index in [1.165, 1.54) is 0 Å². The minimum Gasteiger partial charge on any atom is -0.481 e. The first-order chi connectivity index (χ1) is 6.94. The number of hydrogen-bond acceptors (Lipinski definition) is 3. The van der Waals surface area contributed by atoms with E-state index in [0.717, 1.165) is 5.76 Å². The van der Waals surface area contributed by atoms with Gasteiger partial charge in [0.1, 0.15) is 5.76 Å². The summed E-state index contributed by atoms with van der Waals surface area (Å²) in [5.74, 6) is -0.0580. The molecule has 0 fully saturated rings. The molecule has 0 spiro atoms. The molecule has 4 nitrogen and oxygen atoms in total. The molecule has 0 aliphatic rings. The average Bonchev–Trinajstić information content (AvgIpc) is 2.54. The van der Waals surface area contributed by atoms with Crippen molar-refractivity contribution in [2.24, 2.45) is 11.1 Å².